The molecule has 1 heterocycles. The maximum absolute atomic E-state index is 11.5. The van der Waals surface area contributed by atoms with Crippen molar-refractivity contribution >= 4 is 27.4 Å². The van der Waals surface area contributed by atoms with Crippen LogP contribution in [0, 0.1) is 0 Å². The zero-order valence-electron chi connectivity index (χ0n) is 12.4. The Hall–Kier alpha value is -2.37. The zero-order chi connectivity index (χ0) is 16.2. The minimum Gasteiger partial charge on any atom is -0.508 e. The molecule has 0 saturated carbocycles. The standard InChI is InChI=1S/C18H17NO3S/c20-14-7-5-12(6-8-14)9-16(18(21)22)19-10-13-11-23-17-4-2-1-3-15(13)17/h1-8,11,16,19-20H,9-10H2,(H,21,22)/t16-/m0/s1. The summed E-state index contributed by atoms with van der Waals surface area (Å²) in [6, 6.07) is 14.1. The number of carboxylic acids is 1. The Balaban J connectivity index is 1.70. The molecule has 1 aromatic heterocycles. The summed E-state index contributed by atoms with van der Waals surface area (Å²) in [6.45, 7) is 0.513. The second kappa shape index (κ2) is 6.81. The van der Waals surface area contributed by atoms with E-state index in [1.807, 2.05) is 12.1 Å². The second-order valence-electron chi connectivity index (χ2n) is 5.40. The third kappa shape index (κ3) is 3.70. The van der Waals surface area contributed by atoms with Crippen LogP contribution in [-0.4, -0.2) is 22.2 Å². The number of carboxylic acid groups (broad SMARTS) is 1. The van der Waals surface area contributed by atoms with Crippen molar-refractivity contribution in [3.63, 3.8) is 0 Å². The molecule has 0 spiro atoms. The Bertz CT molecular complexity index is 811. The molecule has 0 fully saturated rings. The van der Waals surface area contributed by atoms with Gasteiger partial charge in [0.25, 0.3) is 0 Å². The lowest BCUT2D eigenvalue weighted by Crippen LogP contribution is -2.38. The number of phenols is 1. The third-order valence-corrected chi connectivity index (χ3v) is 4.79. The van der Waals surface area contributed by atoms with E-state index in [9.17, 15) is 15.0 Å². The molecule has 3 N–H and O–H groups in total. The van der Waals surface area contributed by atoms with Crippen molar-refractivity contribution in [1.82, 2.24) is 5.32 Å². The molecule has 1 atom stereocenters. The molecule has 0 amide bonds. The smallest absolute Gasteiger partial charge is 0.321 e. The first kappa shape index (κ1) is 15.5. The molecule has 5 heteroatoms. The lowest BCUT2D eigenvalue weighted by atomic mass is 10.1. The molecule has 0 aliphatic carbocycles. The Morgan fingerprint density at radius 2 is 1.87 bits per heavy atom. The Kier molecular flexibility index (Phi) is 4.60. The molecule has 0 saturated heterocycles. The van der Waals surface area contributed by atoms with Gasteiger partial charge in [-0.2, -0.15) is 0 Å². The first-order chi connectivity index (χ1) is 11.1. The lowest BCUT2D eigenvalue weighted by molar-refractivity contribution is -0.139. The maximum Gasteiger partial charge on any atom is 0.321 e. The summed E-state index contributed by atoms with van der Waals surface area (Å²) in [4.78, 5) is 11.5. The van der Waals surface area contributed by atoms with Gasteiger partial charge < -0.3 is 10.2 Å². The van der Waals surface area contributed by atoms with Crippen LogP contribution in [0.3, 0.4) is 0 Å². The first-order valence-corrected chi connectivity index (χ1v) is 8.20. The van der Waals surface area contributed by atoms with Gasteiger partial charge in [-0.25, -0.2) is 0 Å². The van der Waals surface area contributed by atoms with Gasteiger partial charge in [0.1, 0.15) is 11.8 Å². The van der Waals surface area contributed by atoms with Crippen LogP contribution in [0.25, 0.3) is 10.1 Å². The van der Waals surface area contributed by atoms with Gasteiger partial charge in [-0.15, -0.1) is 11.3 Å². The van der Waals surface area contributed by atoms with Crippen LogP contribution < -0.4 is 5.32 Å². The number of fused-ring (bicyclic) bond motifs is 1. The highest BCUT2D eigenvalue weighted by molar-refractivity contribution is 7.17. The number of hydrogen-bond acceptors (Lipinski definition) is 4. The maximum atomic E-state index is 11.5. The summed E-state index contributed by atoms with van der Waals surface area (Å²) in [7, 11) is 0. The zero-order valence-corrected chi connectivity index (χ0v) is 13.2. The van der Waals surface area contributed by atoms with E-state index >= 15 is 0 Å². The molecule has 0 radical (unpaired) electrons. The fraction of sp³-hybridized carbons (Fsp3) is 0.167. The summed E-state index contributed by atoms with van der Waals surface area (Å²) in [6.07, 6.45) is 0.373. The van der Waals surface area contributed by atoms with Crippen LogP contribution in [0.15, 0.2) is 53.9 Å². The predicted octanol–water partition coefficient (Wildman–Crippen LogP) is 3.39. The van der Waals surface area contributed by atoms with Crippen molar-refractivity contribution in [1.29, 1.82) is 0 Å². The fourth-order valence-electron chi connectivity index (χ4n) is 2.52. The van der Waals surface area contributed by atoms with Crippen LogP contribution in [-0.2, 0) is 17.8 Å². The molecule has 2 aromatic carbocycles. The summed E-state index contributed by atoms with van der Waals surface area (Å²) < 4.78 is 1.20. The van der Waals surface area contributed by atoms with E-state index in [-0.39, 0.29) is 5.75 Å². The fourth-order valence-corrected chi connectivity index (χ4v) is 3.48. The number of aliphatic carboxylic acids is 1. The van der Waals surface area contributed by atoms with Gasteiger partial charge in [-0.1, -0.05) is 30.3 Å². The Morgan fingerprint density at radius 3 is 2.61 bits per heavy atom. The summed E-state index contributed by atoms with van der Waals surface area (Å²) in [5.74, 6) is -0.698. The van der Waals surface area contributed by atoms with Gasteiger partial charge in [-0.05, 0) is 46.5 Å². The number of benzene rings is 2. The summed E-state index contributed by atoms with van der Waals surface area (Å²) >= 11 is 1.66. The second-order valence-corrected chi connectivity index (χ2v) is 6.31. The van der Waals surface area contributed by atoms with Crippen LogP contribution in [0.1, 0.15) is 11.1 Å². The average Bonchev–Trinajstić information content (AvgIpc) is 2.96. The van der Waals surface area contributed by atoms with E-state index in [2.05, 4.69) is 22.8 Å². The van der Waals surface area contributed by atoms with E-state index < -0.39 is 12.0 Å². The Morgan fingerprint density at radius 1 is 1.13 bits per heavy atom. The third-order valence-electron chi connectivity index (χ3n) is 3.77. The van der Waals surface area contributed by atoms with Crippen LogP contribution >= 0.6 is 11.3 Å². The molecule has 118 valence electrons. The number of carbonyl (C=O) groups is 1. The highest BCUT2D eigenvalue weighted by Crippen LogP contribution is 2.25. The molecule has 0 unspecified atom stereocenters. The van der Waals surface area contributed by atoms with Crippen LogP contribution in [0.4, 0.5) is 0 Å². The van der Waals surface area contributed by atoms with Crippen molar-refractivity contribution in [2.24, 2.45) is 0 Å². The van der Waals surface area contributed by atoms with Gasteiger partial charge in [-0.3, -0.25) is 10.1 Å². The molecule has 4 nitrogen and oxygen atoms in total. The minimum absolute atomic E-state index is 0.179. The predicted molar refractivity (Wildman–Crippen MR) is 91.9 cm³/mol. The molecule has 0 aliphatic heterocycles. The molecule has 0 aliphatic rings. The largest absolute Gasteiger partial charge is 0.508 e. The number of thiophene rings is 1. The molecular formula is C18H17NO3S. The number of nitrogens with one attached hydrogen (secondary N) is 1. The molecule has 0 bridgehead atoms. The Labute approximate surface area is 138 Å². The van der Waals surface area contributed by atoms with E-state index in [1.54, 1.807) is 35.6 Å². The van der Waals surface area contributed by atoms with Crippen molar-refractivity contribution in [3.05, 3.63) is 65.0 Å². The average molecular weight is 327 g/mol. The van der Waals surface area contributed by atoms with Crippen molar-refractivity contribution in [3.8, 4) is 5.75 Å². The van der Waals surface area contributed by atoms with Gasteiger partial charge in [0.15, 0.2) is 0 Å². The summed E-state index contributed by atoms with van der Waals surface area (Å²) in [5.41, 5.74) is 1.99. The molecule has 23 heavy (non-hydrogen) atoms. The minimum atomic E-state index is -0.877. The van der Waals surface area contributed by atoms with Gasteiger partial charge >= 0.3 is 5.97 Å². The van der Waals surface area contributed by atoms with Crippen molar-refractivity contribution < 1.29 is 15.0 Å². The van der Waals surface area contributed by atoms with E-state index in [0.29, 0.717) is 13.0 Å². The normalized spacial score (nSPS) is 12.3. The lowest BCUT2D eigenvalue weighted by Gasteiger charge is -2.14. The molecule has 3 rings (SSSR count). The highest BCUT2D eigenvalue weighted by Gasteiger charge is 2.18. The van der Waals surface area contributed by atoms with Crippen LogP contribution in [0.2, 0.25) is 0 Å². The highest BCUT2D eigenvalue weighted by atomic mass is 32.1. The molecule has 3 aromatic rings. The van der Waals surface area contributed by atoms with E-state index in [0.717, 1.165) is 11.1 Å². The quantitative estimate of drug-likeness (QED) is 0.649. The number of aromatic hydroxyl groups is 1. The van der Waals surface area contributed by atoms with Crippen molar-refractivity contribution in [2.45, 2.75) is 19.0 Å². The monoisotopic (exact) mass is 327 g/mol. The van der Waals surface area contributed by atoms with Gasteiger partial charge in [0.05, 0.1) is 0 Å². The number of rotatable bonds is 6. The van der Waals surface area contributed by atoms with E-state index in [4.69, 9.17) is 0 Å². The van der Waals surface area contributed by atoms with E-state index in [1.165, 1.54) is 10.1 Å². The molecular weight excluding hydrogens is 310 g/mol. The van der Waals surface area contributed by atoms with Gasteiger partial charge in [0, 0.05) is 11.2 Å². The number of hydrogen-bond donors (Lipinski definition) is 3. The number of phenolic OH excluding ortho intramolecular Hbond substituents is 1. The van der Waals surface area contributed by atoms with Crippen LogP contribution in [0.5, 0.6) is 5.75 Å². The SMILES string of the molecule is O=C(O)[C@H](Cc1ccc(O)cc1)NCc1csc2ccccc12. The topological polar surface area (TPSA) is 69.6 Å². The van der Waals surface area contributed by atoms with Gasteiger partial charge in [0.2, 0.25) is 0 Å². The van der Waals surface area contributed by atoms with Crippen molar-refractivity contribution in [2.75, 3.05) is 0 Å². The first-order valence-electron chi connectivity index (χ1n) is 7.32. The summed E-state index contributed by atoms with van der Waals surface area (Å²) in [5, 5.41) is 25.1.